The molecular formula is C27H20FNO. The number of allylic oxidation sites excluding steroid dienone is 1. The zero-order chi connectivity index (χ0) is 20.9. The first-order chi connectivity index (χ1) is 14.6. The summed E-state index contributed by atoms with van der Waals surface area (Å²) in [6, 6.07) is 29.0. The van der Waals surface area contributed by atoms with E-state index >= 15 is 0 Å². The van der Waals surface area contributed by atoms with Crippen molar-refractivity contribution in [3.63, 3.8) is 0 Å². The Morgan fingerprint density at radius 1 is 0.733 bits per heavy atom. The maximum Gasteiger partial charge on any atom is 0.185 e. The number of nitrogen functional groups attached to an aromatic ring is 1. The minimum absolute atomic E-state index is 0.0701. The van der Waals surface area contributed by atoms with E-state index in [-0.39, 0.29) is 11.6 Å². The first kappa shape index (κ1) is 19.3. The molecule has 0 amide bonds. The van der Waals surface area contributed by atoms with E-state index in [2.05, 4.69) is 0 Å². The van der Waals surface area contributed by atoms with Crippen LogP contribution < -0.4 is 5.73 Å². The Labute approximate surface area is 175 Å². The second-order valence-electron chi connectivity index (χ2n) is 6.97. The average Bonchev–Trinajstić information content (AvgIpc) is 2.78. The number of hydrogen-bond acceptors (Lipinski definition) is 2. The number of anilines is 1. The van der Waals surface area contributed by atoms with Gasteiger partial charge in [0.15, 0.2) is 5.78 Å². The molecule has 0 heterocycles. The van der Waals surface area contributed by atoms with E-state index < -0.39 is 0 Å². The number of carbonyl (C=O) groups is 1. The third kappa shape index (κ3) is 4.20. The largest absolute Gasteiger partial charge is 0.398 e. The van der Waals surface area contributed by atoms with Gasteiger partial charge in [-0.1, -0.05) is 78.9 Å². The third-order valence-corrected chi connectivity index (χ3v) is 4.92. The maximum atomic E-state index is 13.9. The first-order valence-electron chi connectivity index (χ1n) is 9.64. The van der Waals surface area contributed by atoms with Crippen molar-refractivity contribution in [1.29, 1.82) is 0 Å². The maximum absolute atomic E-state index is 13.9. The van der Waals surface area contributed by atoms with Gasteiger partial charge in [-0.05, 0) is 52.6 Å². The lowest BCUT2D eigenvalue weighted by molar-refractivity contribution is 0.104. The molecule has 0 bridgehead atoms. The molecule has 2 nitrogen and oxygen atoms in total. The Balaban J connectivity index is 1.78. The Hall–Kier alpha value is -3.98. The van der Waals surface area contributed by atoms with Gasteiger partial charge >= 0.3 is 0 Å². The van der Waals surface area contributed by atoms with E-state index in [1.54, 1.807) is 30.4 Å². The van der Waals surface area contributed by atoms with Gasteiger partial charge in [0.25, 0.3) is 0 Å². The van der Waals surface area contributed by atoms with E-state index in [9.17, 15) is 9.18 Å². The monoisotopic (exact) mass is 393 g/mol. The van der Waals surface area contributed by atoms with Crippen LogP contribution in [0.2, 0.25) is 0 Å². The van der Waals surface area contributed by atoms with Crippen molar-refractivity contribution in [1.82, 2.24) is 0 Å². The number of benzene rings is 4. The van der Waals surface area contributed by atoms with Crippen LogP contribution in [0.1, 0.15) is 15.9 Å². The summed E-state index contributed by atoms with van der Waals surface area (Å²) in [7, 11) is 0. The molecule has 0 saturated heterocycles. The number of hydrogen-bond donors (Lipinski definition) is 1. The van der Waals surface area contributed by atoms with Crippen LogP contribution in [0.25, 0.3) is 28.3 Å². The number of rotatable bonds is 5. The molecule has 0 aliphatic carbocycles. The molecule has 0 unspecified atom stereocenters. The normalized spacial score (nSPS) is 11.0. The van der Waals surface area contributed by atoms with Gasteiger partial charge in [-0.3, -0.25) is 4.79 Å². The fourth-order valence-corrected chi connectivity index (χ4v) is 3.41. The van der Waals surface area contributed by atoms with Crippen LogP contribution in [0, 0.1) is 5.82 Å². The fourth-order valence-electron chi connectivity index (χ4n) is 3.41. The highest BCUT2D eigenvalue weighted by Crippen LogP contribution is 2.36. The smallest absolute Gasteiger partial charge is 0.185 e. The Morgan fingerprint density at radius 3 is 2.27 bits per heavy atom. The van der Waals surface area contributed by atoms with Crippen LogP contribution in [-0.2, 0) is 0 Å². The predicted molar refractivity (Wildman–Crippen MR) is 121 cm³/mol. The zero-order valence-electron chi connectivity index (χ0n) is 16.3. The Bertz CT molecular complexity index is 1230. The van der Waals surface area contributed by atoms with Crippen molar-refractivity contribution in [3.05, 3.63) is 120 Å². The average molecular weight is 393 g/mol. The molecule has 2 N–H and O–H groups in total. The molecule has 4 aromatic carbocycles. The lowest BCUT2D eigenvalue weighted by atomic mass is 9.92. The van der Waals surface area contributed by atoms with Gasteiger partial charge in [0.2, 0.25) is 0 Å². The van der Waals surface area contributed by atoms with Gasteiger partial charge in [-0.2, -0.15) is 0 Å². The summed E-state index contributed by atoms with van der Waals surface area (Å²) in [5, 5.41) is 0. The van der Waals surface area contributed by atoms with Gasteiger partial charge < -0.3 is 5.73 Å². The number of nitrogens with two attached hydrogens (primary N) is 1. The van der Waals surface area contributed by atoms with Crippen molar-refractivity contribution >= 4 is 17.5 Å². The second-order valence-corrected chi connectivity index (χ2v) is 6.97. The number of ketones is 1. The van der Waals surface area contributed by atoms with Gasteiger partial charge in [0.05, 0.1) is 0 Å². The van der Waals surface area contributed by atoms with Crippen LogP contribution in [0.15, 0.2) is 103 Å². The summed E-state index contributed by atoms with van der Waals surface area (Å²) in [6.07, 6.45) is 3.33. The topological polar surface area (TPSA) is 43.1 Å². The van der Waals surface area contributed by atoms with E-state index in [1.807, 2.05) is 66.7 Å². The van der Waals surface area contributed by atoms with Crippen molar-refractivity contribution < 1.29 is 9.18 Å². The van der Waals surface area contributed by atoms with Crippen LogP contribution in [0.4, 0.5) is 10.1 Å². The summed E-state index contributed by atoms with van der Waals surface area (Å²) in [6.45, 7) is 0. The Kier molecular flexibility index (Phi) is 5.53. The summed E-state index contributed by atoms with van der Waals surface area (Å²) < 4.78 is 13.9. The van der Waals surface area contributed by atoms with Gasteiger partial charge in [-0.15, -0.1) is 0 Å². The van der Waals surface area contributed by atoms with Crippen molar-refractivity contribution in [2.24, 2.45) is 0 Å². The summed E-state index contributed by atoms with van der Waals surface area (Å²) >= 11 is 0. The number of carbonyl (C=O) groups excluding carboxylic acids is 1. The number of halogens is 1. The van der Waals surface area contributed by atoms with E-state index in [0.717, 1.165) is 27.8 Å². The minimum Gasteiger partial charge on any atom is -0.398 e. The molecule has 0 radical (unpaired) electrons. The summed E-state index contributed by atoms with van der Waals surface area (Å²) in [5.41, 5.74) is 11.7. The second kappa shape index (κ2) is 8.58. The molecule has 146 valence electrons. The van der Waals surface area contributed by atoms with Crippen LogP contribution in [0.5, 0.6) is 0 Å². The molecule has 0 aliphatic heterocycles. The van der Waals surface area contributed by atoms with E-state index in [4.69, 9.17) is 5.73 Å². The molecule has 0 spiro atoms. The third-order valence-electron chi connectivity index (χ3n) is 4.92. The lowest BCUT2D eigenvalue weighted by Crippen LogP contribution is -1.94. The highest BCUT2D eigenvalue weighted by molar-refractivity contribution is 6.07. The van der Waals surface area contributed by atoms with Gasteiger partial charge in [-0.25, -0.2) is 4.39 Å². The molecule has 4 aromatic rings. The van der Waals surface area contributed by atoms with Crippen molar-refractivity contribution in [2.75, 3.05) is 5.73 Å². The quantitative estimate of drug-likeness (QED) is 0.235. The zero-order valence-corrected chi connectivity index (χ0v) is 16.3. The molecule has 4 rings (SSSR count). The molecule has 0 aromatic heterocycles. The van der Waals surface area contributed by atoms with Crippen molar-refractivity contribution in [3.8, 4) is 22.3 Å². The summed E-state index contributed by atoms with van der Waals surface area (Å²) in [5.74, 6) is -0.376. The summed E-state index contributed by atoms with van der Waals surface area (Å²) in [4.78, 5) is 12.4. The predicted octanol–water partition coefficient (Wildman–Crippen LogP) is 6.64. The van der Waals surface area contributed by atoms with Gasteiger partial charge in [0.1, 0.15) is 5.82 Å². The van der Waals surface area contributed by atoms with Crippen molar-refractivity contribution in [2.45, 2.75) is 0 Å². The SMILES string of the molecule is Nc1ccccc1-c1ccc(C=CC(=O)c2ccccc2)cc1-c1cccc(F)c1. The van der Waals surface area contributed by atoms with E-state index in [1.165, 1.54) is 12.1 Å². The van der Waals surface area contributed by atoms with Crippen LogP contribution in [-0.4, -0.2) is 5.78 Å². The minimum atomic E-state index is -0.306. The fraction of sp³-hybridized carbons (Fsp3) is 0. The standard InChI is InChI=1S/C27H20FNO/c28-22-10-6-9-21(18-22)25-17-19(14-16-27(30)20-7-2-1-3-8-20)13-15-23(25)24-11-4-5-12-26(24)29/h1-18H,29H2. The molecule has 0 atom stereocenters. The highest BCUT2D eigenvalue weighted by Gasteiger charge is 2.11. The molecule has 0 saturated carbocycles. The van der Waals surface area contributed by atoms with E-state index in [0.29, 0.717) is 11.3 Å². The van der Waals surface area contributed by atoms with Gasteiger partial charge in [0, 0.05) is 16.8 Å². The number of para-hydroxylation sites is 1. The molecule has 30 heavy (non-hydrogen) atoms. The molecule has 0 fully saturated rings. The van der Waals surface area contributed by atoms with Crippen LogP contribution in [0.3, 0.4) is 0 Å². The lowest BCUT2D eigenvalue weighted by Gasteiger charge is -2.13. The highest BCUT2D eigenvalue weighted by atomic mass is 19.1. The van der Waals surface area contributed by atoms with Crippen LogP contribution >= 0.6 is 0 Å². The Morgan fingerprint density at radius 2 is 1.50 bits per heavy atom. The first-order valence-corrected chi connectivity index (χ1v) is 9.64. The molecule has 0 aliphatic rings. The molecule has 3 heteroatoms. The molecular weight excluding hydrogens is 373 g/mol.